The molecule has 4 bridgehead atoms. The third-order valence-corrected chi connectivity index (χ3v) is 4.00. The lowest BCUT2D eigenvalue weighted by Gasteiger charge is -2.06. The zero-order valence-electron chi connectivity index (χ0n) is 15.9. The quantitative estimate of drug-likeness (QED) is 0.660. The van der Waals surface area contributed by atoms with E-state index in [1.54, 1.807) is 0 Å². The molecule has 1 heterocycles. The van der Waals surface area contributed by atoms with Crippen molar-refractivity contribution in [3.05, 3.63) is 70.8 Å². The SMILES string of the molecule is C1#CCOCc2cccc(c2)COCC#CCOCc2cccc(c2)COC1. The predicted molar refractivity (Wildman–Crippen MR) is 107 cm³/mol. The highest BCUT2D eigenvalue weighted by atomic mass is 16.5. The Bertz CT molecular complexity index is 735. The first kappa shape index (κ1) is 20.1. The van der Waals surface area contributed by atoms with Crippen molar-refractivity contribution in [3.63, 3.8) is 0 Å². The number of ether oxygens (including phenoxy) is 4. The molecule has 1 aliphatic rings. The van der Waals surface area contributed by atoms with Gasteiger partial charge in [-0.05, 0) is 22.3 Å². The number of rotatable bonds is 0. The highest BCUT2D eigenvalue weighted by Crippen LogP contribution is 2.09. The largest absolute Gasteiger partial charge is 0.364 e. The molecule has 4 heteroatoms. The second kappa shape index (κ2) is 12.0. The van der Waals surface area contributed by atoms with E-state index in [4.69, 9.17) is 18.9 Å². The summed E-state index contributed by atoms with van der Waals surface area (Å²) < 4.78 is 22.5. The molecule has 0 N–H and O–H groups in total. The van der Waals surface area contributed by atoms with Crippen LogP contribution >= 0.6 is 0 Å². The first-order valence-electron chi connectivity index (χ1n) is 9.28. The lowest BCUT2D eigenvalue weighted by atomic mass is 10.1. The summed E-state index contributed by atoms with van der Waals surface area (Å²) in [5.41, 5.74) is 4.39. The zero-order valence-corrected chi connectivity index (χ0v) is 15.9. The summed E-state index contributed by atoms with van der Waals surface area (Å²) in [5.74, 6) is 11.9. The molecule has 144 valence electrons. The Hall–Kier alpha value is -2.60. The van der Waals surface area contributed by atoms with Crippen LogP contribution in [0.25, 0.3) is 0 Å². The Morgan fingerprint density at radius 3 is 1.04 bits per heavy atom. The van der Waals surface area contributed by atoms with Gasteiger partial charge in [0.25, 0.3) is 0 Å². The lowest BCUT2D eigenvalue weighted by molar-refractivity contribution is 0.144. The highest BCUT2D eigenvalue weighted by molar-refractivity contribution is 5.23. The zero-order chi connectivity index (χ0) is 19.3. The maximum absolute atomic E-state index is 5.61. The van der Waals surface area contributed by atoms with Gasteiger partial charge in [-0.2, -0.15) is 0 Å². The van der Waals surface area contributed by atoms with Crippen LogP contribution in [0.15, 0.2) is 48.5 Å². The summed E-state index contributed by atoms with van der Waals surface area (Å²) >= 11 is 0. The van der Waals surface area contributed by atoms with Gasteiger partial charge in [-0.15, -0.1) is 0 Å². The number of benzene rings is 2. The standard InChI is InChI=1S/C24H24O4/c1-2-12-26-18-22-8-6-10-24(16-22)20-28-14-4-3-13-27-19-23-9-5-7-21(15-23)17-25-11-1/h5-10,15-16H,11-14,17-20H2. The van der Waals surface area contributed by atoms with Crippen molar-refractivity contribution < 1.29 is 18.9 Å². The van der Waals surface area contributed by atoms with Gasteiger partial charge in [0.15, 0.2) is 0 Å². The fourth-order valence-corrected chi connectivity index (χ4v) is 2.70. The number of hydrogen-bond acceptors (Lipinski definition) is 4. The molecular weight excluding hydrogens is 352 g/mol. The minimum absolute atomic E-state index is 0.381. The lowest BCUT2D eigenvalue weighted by Crippen LogP contribution is -1.99. The van der Waals surface area contributed by atoms with E-state index >= 15 is 0 Å². The topological polar surface area (TPSA) is 36.9 Å². The molecule has 0 saturated heterocycles. The molecule has 0 spiro atoms. The summed E-state index contributed by atoms with van der Waals surface area (Å²) in [4.78, 5) is 0. The average Bonchev–Trinajstić information content (AvgIpc) is 2.72. The van der Waals surface area contributed by atoms with Gasteiger partial charge >= 0.3 is 0 Å². The van der Waals surface area contributed by atoms with Crippen molar-refractivity contribution in [3.8, 4) is 23.7 Å². The van der Waals surface area contributed by atoms with Crippen molar-refractivity contribution in [2.75, 3.05) is 26.4 Å². The van der Waals surface area contributed by atoms with E-state index in [1.165, 1.54) is 0 Å². The van der Waals surface area contributed by atoms with E-state index in [2.05, 4.69) is 35.8 Å². The van der Waals surface area contributed by atoms with Crippen LogP contribution in [0.1, 0.15) is 22.3 Å². The maximum Gasteiger partial charge on any atom is 0.108 e. The van der Waals surface area contributed by atoms with Crippen LogP contribution in [0.5, 0.6) is 0 Å². The van der Waals surface area contributed by atoms with Gasteiger partial charge in [-0.25, -0.2) is 0 Å². The molecule has 0 aliphatic carbocycles. The van der Waals surface area contributed by atoms with E-state index in [-0.39, 0.29) is 0 Å². The molecule has 4 nitrogen and oxygen atoms in total. The summed E-state index contributed by atoms with van der Waals surface area (Å²) in [5, 5.41) is 0. The van der Waals surface area contributed by atoms with Gasteiger partial charge < -0.3 is 18.9 Å². The fraction of sp³-hybridized carbons (Fsp3) is 0.333. The van der Waals surface area contributed by atoms with Gasteiger partial charge in [0.2, 0.25) is 0 Å². The molecule has 0 saturated carbocycles. The molecule has 0 unspecified atom stereocenters. The van der Waals surface area contributed by atoms with Crippen LogP contribution < -0.4 is 0 Å². The summed E-state index contributed by atoms with van der Waals surface area (Å²) in [6, 6.07) is 16.3. The monoisotopic (exact) mass is 376 g/mol. The van der Waals surface area contributed by atoms with Crippen molar-refractivity contribution in [1.82, 2.24) is 0 Å². The van der Waals surface area contributed by atoms with Crippen molar-refractivity contribution in [2.24, 2.45) is 0 Å². The van der Waals surface area contributed by atoms with Crippen LogP contribution in [0.4, 0.5) is 0 Å². The fourth-order valence-electron chi connectivity index (χ4n) is 2.70. The average molecular weight is 376 g/mol. The number of hydrogen-bond donors (Lipinski definition) is 0. The molecule has 28 heavy (non-hydrogen) atoms. The maximum atomic E-state index is 5.61. The van der Waals surface area contributed by atoms with E-state index in [0.29, 0.717) is 52.9 Å². The minimum atomic E-state index is 0.381. The molecule has 0 aromatic heterocycles. The van der Waals surface area contributed by atoms with Gasteiger partial charge in [-0.3, -0.25) is 0 Å². The van der Waals surface area contributed by atoms with E-state index in [9.17, 15) is 0 Å². The van der Waals surface area contributed by atoms with Crippen molar-refractivity contribution in [2.45, 2.75) is 26.4 Å². The Kier molecular flexibility index (Phi) is 8.62. The van der Waals surface area contributed by atoms with Crippen LogP contribution in [0.3, 0.4) is 0 Å². The van der Waals surface area contributed by atoms with Crippen molar-refractivity contribution >= 4 is 0 Å². The van der Waals surface area contributed by atoms with Gasteiger partial charge in [-0.1, -0.05) is 72.2 Å². The number of fused-ring (bicyclic) bond motifs is 4. The Balaban J connectivity index is 1.58. The van der Waals surface area contributed by atoms with Crippen LogP contribution in [-0.2, 0) is 45.4 Å². The summed E-state index contributed by atoms with van der Waals surface area (Å²) in [6.07, 6.45) is 0. The van der Waals surface area contributed by atoms with Gasteiger partial charge in [0.05, 0.1) is 26.4 Å². The molecule has 3 rings (SSSR count). The minimum Gasteiger partial charge on any atom is -0.364 e. The van der Waals surface area contributed by atoms with Crippen molar-refractivity contribution in [1.29, 1.82) is 0 Å². The van der Waals surface area contributed by atoms with E-state index in [1.807, 2.05) is 36.4 Å². The predicted octanol–water partition coefficient (Wildman–Crippen LogP) is 3.47. The van der Waals surface area contributed by atoms with E-state index < -0.39 is 0 Å². The summed E-state index contributed by atoms with van der Waals surface area (Å²) in [6.45, 7) is 3.61. The molecule has 2 aromatic rings. The highest BCUT2D eigenvalue weighted by Gasteiger charge is 1.98. The van der Waals surface area contributed by atoms with Gasteiger partial charge in [0, 0.05) is 0 Å². The van der Waals surface area contributed by atoms with E-state index in [0.717, 1.165) is 22.3 Å². The molecule has 2 aromatic carbocycles. The second-order valence-corrected chi connectivity index (χ2v) is 6.32. The molecular formula is C24H24O4. The second-order valence-electron chi connectivity index (χ2n) is 6.32. The molecule has 0 radical (unpaired) electrons. The van der Waals surface area contributed by atoms with Gasteiger partial charge in [0.1, 0.15) is 26.4 Å². The van der Waals surface area contributed by atoms with Crippen LogP contribution in [0, 0.1) is 23.7 Å². The first-order chi connectivity index (χ1) is 13.9. The molecule has 1 aliphatic heterocycles. The summed E-state index contributed by atoms with van der Waals surface area (Å²) in [7, 11) is 0. The molecule has 0 amide bonds. The third kappa shape index (κ3) is 7.56. The van der Waals surface area contributed by atoms with Crippen LogP contribution in [0.2, 0.25) is 0 Å². The smallest absolute Gasteiger partial charge is 0.108 e. The normalized spacial score (nSPS) is 16.3. The Labute approximate surface area is 166 Å². The first-order valence-corrected chi connectivity index (χ1v) is 9.28. The Morgan fingerprint density at radius 2 is 0.750 bits per heavy atom. The van der Waals surface area contributed by atoms with Crippen LogP contribution in [-0.4, -0.2) is 26.4 Å². The molecule has 0 atom stereocenters. The third-order valence-electron chi connectivity index (χ3n) is 4.00. The Morgan fingerprint density at radius 1 is 0.464 bits per heavy atom. The molecule has 0 fully saturated rings.